The minimum atomic E-state index is 0.145. The summed E-state index contributed by atoms with van der Waals surface area (Å²) in [5, 5.41) is 11.9. The Morgan fingerprint density at radius 2 is 2.36 bits per heavy atom. The van der Waals surface area contributed by atoms with Gasteiger partial charge in [0.05, 0.1) is 12.2 Å². The molecule has 0 bridgehead atoms. The van der Waals surface area contributed by atoms with E-state index in [1.54, 1.807) is 0 Å². The lowest BCUT2D eigenvalue weighted by molar-refractivity contribution is 0.0887. The van der Waals surface area contributed by atoms with Gasteiger partial charge in [-0.05, 0) is 39.7 Å². The summed E-state index contributed by atoms with van der Waals surface area (Å²) in [5.41, 5.74) is 0.145. The van der Waals surface area contributed by atoms with Crippen molar-refractivity contribution < 1.29 is 4.74 Å². The zero-order valence-electron chi connectivity index (χ0n) is 9.18. The van der Waals surface area contributed by atoms with Crippen molar-refractivity contribution in [2.24, 2.45) is 0 Å². The Labute approximate surface area is 86.4 Å². The first-order valence-electron chi connectivity index (χ1n) is 5.42. The molecule has 1 heterocycles. The van der Waals surface area contributed by atoms with Crippen LogP contribution in [0, 0.1) is 11.3 Å². The third-order valence-corrected chi connectivity index (χ3v) is 3.13. The maximum Gasteiger partial charge on any atom is 0.0726 e. The Balaban J connectivity index is 2.14. The zero-order valence-corrected chi connectivity index (χ0v) is 9.18. The van der Waals surface area contributed by atoms with Crippen LogP contribution in [0.2, 0.25) is 0 Å². The molecule has 3 nitrogen and oxygen atoms in total. The summed E-state index contributed by atoms with van der Waals surface area (Å²) in [5.74, 6) is 0. The van der Waals surface area contributed by atoms with Gasteiger partial charge in [0, 0.05) is 18.6 Å². The molecule has 0 amide bonds. The second-order valence-electron chi connectivity index (χ2n) is 4.22. The summed E-state index contributed by atoms with van der Waals surface area (Å²) < 4.78 is 5.53. The van der Waals surface area contributed by atoms with Crippen molar-refractivity contribution in [3.05, 3.63) is 0 Å². The van der Waals surface area contributed by atoms with Gasteiger partial charge < -0.3 is 10.1 Å². The molecule has 0 aromatic heterocycles. The fourth-order valence-electron chi connectivity index (χ4n) is 1.77. The van der Waals surface area contributed by atoms with Crippen molar-refractivity contribution in [3.63, 3.8) is 0 Å². The van der Waals surface area contributed by atoms with E-state index in [-0.39, 0.29) is 5.54 Å². The predicted molar refractivity (Wildman–Crippen MR) is 55.9 cm³/mol. The maximum absolute atomic E-state index is 8.38. The summed E-state index contributed by atoms with van der Waals surface area (Å²) >= 11 is 0. The van der Waals surface area contributed by atoms with E-state index in [9.17, 15) is 0 Å². The highest BCUT2D eigenvalue weighted by Crippen LogP contribution is 2.24. The third-order valence-electron chi connectivity index (χ3n) is 3.13. The summed E-state index contributed by atoms with van der Waals surface area (Å²) in [7, 11) is 0. The molecule has 3 heteroatoms. The van der Waals surface area contributed by atoms with Crippen molar-refractivity contribution in [1.82, 2.24) is 5.32 Å². The first kappa shape index (κ1) is 11.5. The van der Waals surface area contributed by atoms with Crippen LogP contribution < -0.4 is 5.32 Å². The monoisotopic (exact) mass is 196 g/mol. The Morgan fingerprint density at radius 1 is 1.57 bits per heavy atom. The minimum Gasteiger partial charge on any atom is -0.377 e. The number of nitrogens with one attached hydrogen (secondary N) is 1. The molecule has 1 fully saturated rings. The average molecular weight is 196 g/mol. The van der Waals surface area contributed by atoms with Crippen molar-refractivity contribution in [2.45, 2.75) is 51.2 Å². The van der Waals surface area contributed by atoms with Crippen molar-refractivity contribution in [1.29, 1.82) is 5.26 Å². The lowest BCUT2D eigenvalue weighted by Gasteiger charge is -2.29. The first-order valence-corrected chi connectivity index (χ1v) is 5.42. The Hall–Kier alpha value is -0.590. The largest absolute Gasteiger partial charge is 0.377 e. The van der Waals surface area contributed by atoms with E-state index in [0.717, 1.165) is 32.4 Å². The normalized spacial score (nSPS) is 31.6. The zero-order chi connectivity index (χ0) is 10.4. The number of hydrogen-bond acceptors (Lipinski definition) is 3. The SMILES string of the molecule is CC1OCCC1(C)NCCCCC#N. The molecule has 2 unspecified atom stereocenters. The van der Waals surface area contributed by atoms with Crippen LogP contribution in [0.4, 0.5) is 0 Å². The molecule has 0 aromatic carbocycles. The fourth-order valence-corrected chi connectivity index (χ4v) is 1.77. The maximum atomic E-state index is 8.38. The van der Waals surface area contributed by atoms with Gasteiger partial charge in [0.15, 0.2) is 0 Å². The molecule has 0 saturated carbocycles. The van der Waals surface area contributed by atoms with Gasteiger partial charge >= 0.3 is 0 Å². The van der Waals surface area contributed by atoms with Crippen molar-refractivity contribution in [2.75, 3.05) is 13.2 Å². The average Bonchev–Trinajstić information content (AvgIpc) is 2.47. The summed E-state index contributed by atoms with van der Waals surface area (Å²) in [6, 6.07) is 2.16. The highest BCUT2D eigenvalue weighted by Gasteiger charge is 2.35. The van der Waals surface area contributed by atoms with Gasteiger partial charge in [0.1, 0.15) is 0 Å². The van der Waals surface area contributed by atoms with Crippen LogP contribution in [0.15, 0.2) is 0 Å². The molecule has 1 rings (SSSR count). The molecule has 0 aliphatic carbocycles. The number of hydrogen-bond donors (Lipinski definition) is 1. The van der Waals surface area contributed by atoms with Gasteiger partial charge in [-0.1, -0.05) is 0 Å². The van der Waals surface area contributed by atoms with Gasteiger partial charge in [0.2, 0.25) is 0 Å². The van der Waals surface area contributed by atoms with Crippen LogP contribution >= 0.6 is 0 Å². The topological polar surface area (TPSA) is 45.0 Å². The molecule has 1 aliphatic rings. The van der Waals surface area contributed by atoms with Gasteiger partial charge in [-0.25, -0.2) is 0 Å². The number of nitriles is 1. The fraction of sp³-hybridized carbons (Fsp3) is 0.909. The molecule has 0 radical (unpaired) electrons. The Morgan fingerprint density at radius 3 is 2.93 bits per heavy atom. The van der Waals surface area contributed by atoms with E-state index in [1.165, 1.54) is 0 Å². The molecule has 0 aromatic rings. The molecule has 1 aliphatic heterocycles. The molecule has 0 spiro atoms. The lowest BCUT2D eigenvalue weighted by atomic mass is 9.94. The van der Waals surface area contributed by atoms with E-state index in [4.69, 9.17) is 10.00 Å². The smallest absolute Gasteiger partial charge is 0.0726 e. The Bertz CT molecular complexity index is 212. The molecule has 2 atom stereocenters. The number of ether oxygens (including phenoxy) is 1. The molecule has 14 heavy (non-hydrogen) atoms. The standard InChI is InChI=1S/C11H20N2O/c1-10-11(2,6-9-14-10)13-8-5-3-4-7-12/h10,13H,3-6,8-9H2,1-2H3. The molecular formula is C11H20N2O. The van der Waals surface area contributed by atoms with Crippen LogP contribution in [0.25, 0.3) is 0 Å². The second kappa shape index (κ2) is 5.33. The quantitative estimate of drug-likeness (QED) is 0.682. The first-order chi connectivity index (χ1) is 6.69. The summed E-state index contributed by atoms with van der Waals surface area (Å²) in [6.45, 7) is 6.19. The minimum absolute atomic E-state index is 0.145. The van der Waals surface area contributed by atoms with Crippen LogP contribution in [0.1, 0.15) is 39.5 Å². The van der Waals surface area contributed by atoms with Gasteiger partial charge in [0.25, 0.3) is 0 Å². The van der Waals surface area contributed by atoms with Crippen molar-refractivity contribution >= 4 is 0 Å². The Kier molecular flexibility index (Phi) is 4.37. The highest BCUT2D eigenvalue weighted by atomic mass is 16.5. The van der Waals surface area contributed by atoms with E-state index in [0.29, 0.717) is 12.5 Å². The molecule has 1 N–H and O–H groups in total. The second-order valence-corrected chi connectivity index (χ2v) is 4.22. The van der Waals surface area contributed by atoms with E-state index >= 15 is 0 Å². The van der Waals surface area contributed by atoms with E-state index in [1.807, 2.05) is 0 Å². The summed E-state index contributed by atoms with van der Waals surface area (Å²) in [6.07, 6.45) is 4.14. The van der Waals surface area contributed by atoms with Crippen LogP contribution in [0.5, 0.6) is 0 Å². The third kappa shape index (κ3) is 2.97. The van der Waals surface area contributed by atoms with Crippen LogP contribution in [0.3, 0.4) is 0 Å². The van der Waals surface area contributed by atoms with Gasteiger partial charge in [-0.2, -0.15) is 5.26 Å². The number of rotatable bonds is 5. The highest BCUT2D eigenvalue weighted by molar-refractivity contribution is 4.93. The van der Waals surface area contributed by atoms with E-state index in [2.05, 4.69) is 25.2 Å². The number of unbranched alkanes of at least 4 members (excludes halogenated alkanes) is 2. The summed E-state index contributed by atoms with van der Waals surface area (Å²) in [4.78, 5) is 0. The van der Waals surface area contributed by atoms with Gasteiger partial charge in [-0.15, -0.1) is 0 Å². The molecule has 1 saturated heterocycles. The lowest BCUT2D eigenvalue weighted by Crippen LogP contribution is -2.48. The predicted octanol–water partition coefficient (Wildman–Crippen LogP) is 1.84. The van der Waals surface area contributed by atoms with Crippen LogP contribution in [-0.4, -0.2) is 24.8 Å². The van der Waals surface area contributed by atoms with Crippen LogP contribution in [-0.2, 0) is 4.74 Å². The van der Waals surface area contributed by atoms with E-state index < -0.39 is 0 Å². The van der Waals surface area contributed by atoms with Crippen molar-refractivity contribution in [3.8, 4) is 6.07 Å². The molecular weight excluding hydrogens is 176 g/mol. The van der Waals surface area contributed by atoms with Gasteiger partial charge in [-0.3, -0.25) is 0 Å². The molecule has 80 valence electrons. The number of nitrogens with zero attached hydrogens (tertiary/aromatic N) is 1.